The van der Waals surface area contributed by atoms with Crippen molar-refractivity contribution < 1.29 is 4.74 Å². The molecule has 0 aromatic heterocycles. The van der Waals surface area contributed by atoms with E-state index in [9.17, 15) is 0 Å². The highest BCUT2D eigenvalue weighted by Crippen LogP contribution is 2.19. The quantitative estimate of drug-likeness (QED) is 0.781. The van der Waals surface area contributed by atoms with Crippen LogP contribution >= 0.6 is 0 Å². The van der Waals surface area contributed by atoms with Gasteiger partial charge in [-0.15, -0.1) is 0 Å². The second kappa shape index (κ2) is 8.31. The Bertz CT molecular complexity index is 368. The Morgan fingerprint density at radius 2 is 2.00 bits per heavy atom. The van der Waals surface area contributed by atoms with Crippen LogP contribution in [0.25, 0.3) is 0 Å². The van der Waals surface area contributed by atoms with E-state index >= 15 is 0 Å². The fraction of sp³-hybridized carbons (Fsp3) is 0.625. The van der Waals surface area contributed by atoms with Gasteiger partial charge in [0.2, 0.25) is 0 Å². The van der Waals surface area contributed by atoms with Crippen molar-refractivity contribution in [2.45, 2.75) is 32.9 Å². The number of likely N-dealkylation sites (N-methyl/N-ethyl adjacent to an activating group) is 2. The number of benzene rings is 1. The summed E-state index contributed by atoms with van der Waals surface area (Å²) in [5.41, 5.74) is 2.74. The van der Waals surface area contributed by atoms with Gasteiger partial charge in [-0.25, -0.2) is 0 Å². The first-order valence-corrected chi connectivity index (χ1v) is 7.08. The molecule has 108 valence electrons. The van der Waals surface area contributed by atoms with E-state index in [0.717, 1.165) is 19.7 Å². The lowest BCUT2D eigenvalue weighted by Crippen LogP contribution is -2.39. The SMILES string of the molecule is CCNC(CN(C)C(C)COC)c1ccccc1C. The molecule has 0 heterocycles. The van der Waals surface area contributed by atoms with E-state index in [1.807, 2.05) is 0 Å². The summed E-state index contributed by atoms with van der Waals surface area (Å²) < 4.78 is 5.23. The fourth-order valence-electron chi connectivity index (χ4n) is 2.33. The molecule has 0 saturated carbocycles. The van der Waals surface area contributed by atoms with E-state index in [1.54, 1.807) is 7.11 Å². The van der Waals surface area contributed by atoms with Crippen molar-refractivity contribution in [3.8, 4) is 0 Å². The largest absolute Gasteiger partial charge is 0.383 e. The van der Waals surface area contributed by atoms with E-state index in [4.69, 9.17) is 4.74 Å². The number of nitrogens with one attached hydrogen (secondary N) is 1. The Hall–Kier alpha value is -0.900. The molecule has 1 rings (SSSR count). The standard InChI is InChI=1S/C16H28N2O/c1-6-17-16(11-18(4)14(3)12-19-5)15-10-8-7-9-13(15)2/h7-10,14,16-17H,6,11-12H2,1-5H3. The summed E-state index contributed by atoms with van der Waals surface area (Å²) in [5, 5.41) is 3.59. The fourth-order valence-corrected chi connectivity index (χ4v) is 2.33. The molecule has 19 heavy (non-hydrogen) atoms. The Morgan fingerprint density at radius 1 is 1.32 bits per heavy atom. The first-order valence-electron chi connectivity index (χ1n) is 7.08. The minimum absolute atomic E-state index is 0.371. The van der Waals surface area contributed by atoms with Gasteiger partial charge in [0.1, 0.15) is 0 Å². The molecular weight excluding hydrogens is 236 g/mol. The molecule has 0 saturated heterocycles. The Labute approximate surface area is 118 Å². The van der Waals surface area contributed by atoms with Gasteiger partial charge in [0, 0.05) is 25.7 Å². The van der Waals surface area contributed by atoms with Crippen molar-refractivity contribution in [1.29, 1.82) is 0 Å². The molecule has 0 aliphatic carbocycles. The van der Waals surface area contributed by atoms with Gasteiger partial charge < -0.3 is 10.1 Å². The van der Waals surface area contributed by atoms with E-state index in [0.29, 0.717) is 12.1 Å². The lowest BCUT2D eigenvalue weighted by atomic mass is 10.0. The van der Waals surface area contributed by atoms with Crippen LogP contribution in [0.2, 0.25) is 0 Å². The lowest BCUT2D eigenvalue weighted by molar-refractivity contribution is 0.109. The summed E-state index contributed by atoms with van der Waals surface area (Å²) in [7, 11) is 3.92. The summed E-state index contributed by atoms with van der Waals surface area (Å²) >= 11 is 0. The van der Waals surface area contributed by atoms with E-state index in [2.05, 4.69) is 62.3 Å². The summed E-state index contributed by atoms with van der Waals surface area (Å²) in [6, 6.07) is 9.41. The first-order chi connectivity index (χ1) is 9.10. The molecule has 0 aliphatic rings. The number of nitrogens with zero attached hydrogens (tertiary/aromatic N) is 1. The smallest absolute Gasteiger partial charge is 0.0615 e. The van der Waals surface area contributed by atoms with Crippen molar-refractivity contribution in [3.63, 3.8) is 0 Å². The normalized spacial score (nSPS) is 14.6. The van der Waals surface area contributed by atoms with Crippen LogP contribution in [-0.4, -0.2) is 44.8 Å². The predicted molar refractivity (Wildman–Crippen MR) is 81.6 cm³/mol. The van der Waals surface area contributed by atoms with Crippen LogP contribution in [0.5, 0.6) is 0 Å². The van der Waals surface area contributed by atoms with Crippen molar-refractivity contribution >= 4 is 0 Å². The van der Waals surface area contributed by atoms with Crippen molar-refractivity contribution in [2.24, 2.45) is 0 Å². The van der Waals surface area contributed by atoms with E-state index in [1.165, 1.54) is 11.1 Å². The lowest BCUT2D eigenvalue weighted by Gasteiger charge is -2.30. The number of rotatable bonds is 8. The Morgan fingerprint density at radius 3 is 2.58 bits per heavy atom. The van der Waals surface area contributed by atoms with Crippen LogP contribution in [0.15, 0.2) is 24.3 Å². The van der Waals surface area contributed by atoms with Crippen molar-refractivity contribution in [1.82, 2.24) is 10.2 Å². The third-order valence-electron chi connectivity index (χ3n) is 3.65. The second-order valence-corrected chi connectivity index (χ2v) is 5.21. The third-order valence-corrected chi connectivity index (χ3v) is 3.65. The number of hydrogen-bond donors (Lipinski definition) is 1. The van der Waals surface area contributed by atoms with Gasteiger partial charge in [0.05, 0.1) is 6.61 Å². The summed E-state index contributed by atoms with van der Waals surface area (Å²) in [4.78, 5) is 2.35. The van der Waals surface area contributed by atoms with Gasteiger partial charge in [0.25, 0.3) is 0 Å². The highest BCUT2D eigenvalue weighted by Gasteiger charge is 2.17. The maximum Gasteiger partial charge on any atom is 0.0615 e. The average molecular weight is 264 g/mol. The van der Waals surface area contributed by atoms with Gasteiger partial charge in [0.15, 0.2) is 0 Å². The van der Waals surface area contributed by atoms with Crippen LogP contribution in [0.3, 0.4) is 0 Å². The third kappa shape index (κ3) is 4.94. The Kier molecular flexibility index (Phi) is 7.06. The topological polar surface area (TPSA) is 24.5 Å². The molecule has 3 heteroatoms. The number of methoxy groups -OCH3 is 1. The molecule has 0 radical (unpaired) electrons. The molecule has 0 spiro atoms. The van der Waals surface area contributed by atoms with Crippen molar-refractivity contribution in [2.75, 3.05) is 33.9 Å². The maximum atomic E-state index is 5.23. The minimum atomic E-state index is 0.371. The zero-order chi connectivity index (χ0) is 14.3. The average Bonchev–Trinajstić information content (AvgIpc) is 2.39. The minimum Gasteiger partial charge on any atom is -0.383 e. The molecule has 1 aromatic rings. The van der Waals surface area contributed by atoms with Gasteiger partial charge in [-0.2, -0.15) is 0 Å². The van der Waals surface area contributed by atoms with Crippen LogP contribution in [-0.2, 0) is 4.74 Å². The monoisotopic (exact) mass is 264 g/mol. The number of aryl methyl sites for hydroxylation is 1. The van der Waals surface area contributed by atoms with Crippen LogP contribution in [0, 0.1) is 6.92 Å². The predicted octanol–water partition coefficient (Wildman–Crippen LogP) is 2.61. The maximum absolute atomic E-state index is 5.23. The molecule has 0 fully saturated rings. The van der Waals surface area contributed by atoms with E-state index < -0.39 is 0 Å². The molecule has 0 amide bonds. The zero-order valence-electron chi connectivity index (χ0n) is 12.9. The second-order valence-electron chi connectivity index (χ2n) is 5.21. The highest BCUT2D eigenvalue weighted by molar-refractivity contribution is 5.29. The molecule has 3 nitrogen and oxygen atoms in total. The molecular formula is C16H28N2O. The summed E-state index contributed by atoms with van der Waals surface area (Å²) in [6.07, 6.45) is 0. The molecule has 0 bridgehead atoms. The van der Waals surface area contributed by atoms with Crippen LogP contribution < -0.4 is 5.32 Å². The van der Waals surface area contributed by atoms with Crippen LogP contribution in [0.1, 0.15) is 31.0 Å². The van der Waals surface area contributed by atoms with Gasteiger partial charge >= 0.3 is 0 Å². The molecule has 1 N–H and O–H groups in total. The summed E-state index contributed by atoms with van der Waals surface area (Å²) in [5.74, 6) is 0. The van der Waals surface area contributed by atoms with Crippen molar-refractivity contribution in [3.05, 3.63) is 35.4 Å². The zero-order valence-corrected chi connectivity index (χ0v) is 12.9. The van der Waals surface area contributed by atoms with E-state index in [-0.39, 0.29) is 0 Å². The molecule has 1 aromatic carbocycles. The molecule has 0 aliphatic heterocycles. The van der Waals surface area contributed by atoms with Gasteiger partial charge in [-0.1, -0.05) is 31.2 Å². The Balaban J connectivity index is 2.75. The summed E-state index contributed by atoms with van der Waals surface area (Å²) in [6.45, 7) is 9.27. The first kappa shape index (κ1) is 16.2. The molecule has 2 atom stereocenters. The van der Waals surface area contributed by atoms with Crippen LogP contribution in [0.4, 0.5) is 0 Å². The number of ether oxygens (including phenoxy) is 1. The van der Waals surface area contributed by atoms with Gasteiger partial charge in [-0.05, 0) is 38.6 Å². The molecule has 2 unspecified atom stereocenters. The number of hydrogen-bond acceptors (Lipinski definition) is 3. The van der Waals surface area contributed by atoms with Gasteiger partial charge in [-0.3, -0.25) is 4.90 Å². The highest BCUT2D eigenvalue weighted by atomic mass is 16.5.